The number of aliphatic hydroxyl groups excluding tert-OH is 1. The minimum Gasteiger partial charge on any atom is -0.392 e. The molecule has 0 aliphatic rings. The molecule has 0 aromatic rings. The van der Waals surface area contributed by atoms with Gasteiger partial charge in [-0.1, -0.05) is 39.2 Å². The third-order valence-corrected chi connectivity index (χ3v) is 2.57. The Balaban J connectivity index is 3.49. The molecule has 0 fully saturated rings. The maximum Gasteiger partial charge on any atom is 0.0709 e. The molecule has 2 atom stereocenters. The lowest BCUT2D eigenvalue weighted by Gasteiger charge is -2.10. The van der Waals surface area contributed by atoms with Crippen LogP contribution in [0.5, 0.6) is 0 Å². The molecule has 0 radical (unpaired) electrons. The molecule has 86 valence electrons. The van der Waals surface area contributed by atoms with Crippen molar-refractivity contribution >= 4 is 0 Å². The van der Waals surface area contributed by atoms with E-state index in [1.54, 1.807) is 6.08 Å². The number of aliphatic hydroxyl groups is 1. The van der Waals surface area contributed by atoms with Crippen LogP contribution in [0.4, 0.5) is 0 Å². The molecule has 1 nitrogen and oxygen atoms in total. The molecule has 0 saturated heterocycles. The average molecular weight is 208 g/mol. The smallest absolute Gasteiger partial charge is 0.0709 e. The largest absolute Gasteiger partial charge is 0.392 e. The molecule has 0 aliphatic heterocycles. The highest BCUT2D eigenvalue weighted by atomic mass is 16.3. The Labute approximate surface area is 94.6 Å². The molecule has 1 N–H and O–H groups in total. The van der Waals surface area contributed by atoms with E-state index in [4.69, 9.17) is 0 Å². The fraction of sp³-hybridized carbons (Fsp3) is 0.714. The lowest BCUT2D eigenvalue weighted by molar-refractivity contribution is 0.143. The van der Waals surface area contributed by atoms with E-state index in [1.807, 2.05) is 6.92 Å². The first kappa shape index (κ1) is 14.3. The van der Waals surface area contributed by atoms with E-state index in [0.717, 1.165) is 6.42 Å². The van der Waals surface area contributed by atoms with Gasteiger partial charge in [-0.15, -0.1) is 18.4 Å². The first-order chi connectivity index (χ1) is 7.22. The molecule has 0 rings (SSSR count). The van der Waals surface area contributed by atoms with Crippen LogP contribution < -0.4 is 0 Å². The second-order valence-corrected chi connectivity index (χ2v) is 4.03. The Hall–Kier alpha value is -0.740. The monoisotopic (exact) mass is 208 g/mol. The SMILES string of the molecule is C=C[C@H](C)[C@@H](O)CC#CCCCCCC. The summed E-state index contributed by atoms with van der Waals surface area (Å²) in [4.78, 5) is 0. The fourth-order valence-electron chi connectivity index (χ4n) is 1.25. The van der Waals surface area contributed by atoms with Crippen molar-refractivity contribution in [2.75, 3.05) is 0 Å². The van der Waals surface area contributed by atoms with Crippen LogP contribution >= 0.6 is 0 Å². The summed E-state index contributed by atoms with van der Waals surface area (Å²) in [7, 11) is 0. The summed E-state index contributed by atoms with van der Waals surface area (Å²) in [5.74, 6) is 6.28. The Morgan fingerprint density at radius 2 is 2.00 bits per heavy atom. The Morgan fingerprint density at radius 1 is 1.27 bits per heavy atom. The van der Waals surface area contributed by atoms with Gasteiger partial charge in [0.15, 0.2) is 0 Å². The summed E-state index contributed by atoms with van der Waals surface area (Å²) in [6.07, 6.45) is 7.99. The Bertz CT molecular complexity index is 209. The van der Waals surface area contributed by atoms with Crippen LogP contribution in [0.25, 0.3) is 0 Å². The molecule has 0 aromatic heterocycles. The van der Waals surface area contributed by atoms with Crippen LogP contribution in [0.3, 0.4) is 0 Å². The van der Waals surface area contributed by atoms with Crippen LogP contribution in [-0.4, -0.2) is 11.2 Å². The third kappa shape index (κ3) is 8.27. The predicted molar refractivity (Wildman–Crippen MR) is 66.5 cm³/mol. The van der Waals surface area contributed by atoms with Gasteiger partial charge in [0, 0.05) is 18.8 Å². The molecule has 0 saturated carbocycles. The zero-order chi connectivity index (χ0) is 11.5. The summed E-state index contributed by atoms with van der Waals surface area (Å²) in [6, 6.07) is 0. The van der Waals surface area contributed by atoms with Gasteiger partial charge in [-0.25, -0.2) is 0 Å². The van der Waals surface area contributed by atoms with Crippen molar-refractivity contribution in [1.29, 1.82) is 0 Å². The van der Waals surface area contributed by atoms with E-state index in [2.05, 4.69) is 25.3 Å². The van der Waals surface area contributed by atoms with Crippen molar-refractivity contribution < 1.29 is 5.11 Å². The molecule has 0 unspecified atom stereocenters. The highest BCUT2D eigenvalue weighted by molar-refractivity contribution is 5.01. The first-order valence-corrected chi connectivity index (χ1v) is 5.98. The number of hydrogen-bond donors (Lipinski definition) is 1. The van der Waals surface area contributed by atoms with Crippen molar-refractivity contribution in [2.24, 2.45) is 5.92 Å². The van der Waals surface area contributed by atoms with E-state index in [-0.39, 0.29) is 12.0 Å². The Kier molecular flexibility index (Phi) is 9.32. The van der Waals surface area contributed by atoms with Crippen molar-refractivity contribution in [3.05, 3.63) is 12.7 Å². The van der Waals surface area contributed by atoms with Crippen LogP contribution in [0.15, 0.2) is 12.7 Å². The maximum atomic E-state index is 9.58. The van der Waals surface area contributed by atoms with Crippen molar-refractivity contribution in [3.63, 3.8) is 0 Å². The van der Waals surface area contributed by atoms with Gasteiger partial charge in [-0.05, 0) is 6.42 Å². The summed E-state index contributed by atoms with van der Waals surface area (Å²) in [5, 5.41) is 9.58. The molecule has 0 bridgehead atoms. The lowest BCUT2D eigenvalue weighted by atomic mass is 10.0. The predicted octanol–water partition coefficient (Wildman–Crippen LogP) is 3.53. The normalized spacial score (nSPS) is 13.8. The molecular formula is C14H24O. The van der Waals surface area contributed by atoms with E-state index in [0.29, 0.717) is 6.42 Å². The molecule has 1 heteroatoms. The quantitative estimate of drug-likeness (QED) is 0.385. The molecule has 0 heterocycles. The van der Waals surface area contributed by atoms with Crippen LogP contribution in [-0.2, 0) is 0 Å². The lowest BCUT2D eigenvalue weighted by Crippen LogP contribution is -2.14. The summed E-state index contributed by atoms with van der Waals surface area (Å²) in [6.45, 7) is 7.82. The van der Waals surface area contributed by atoms with Crippen LogP contribution in [0, 0.1) is 17.8 Å². The molecule has 0 aromatic carbocycles. The number of rotatable bonds is 7. The zero-order valence-corrected chi connectivity index (χ0v) is 10.1. The fourth-order valence-corrected chi connectivity index (χ4v) is 1.25. The third-order valence-electron chi connectivity index (χ3n) is 2.57. The van der Waals surface area contributed by atoms with E-state index >= 15 is 0 Å². The topological polar surface area (TPSA) is 20.2 Å². The minimum absolute atomic E-state index is 0.138. The van der Waals surface area contributed by atoms with Gasteiger partial charge >= 0.3 is 0 Å². The highest BCUT2D eigenvalue weighted by Crippen LogP contribution is 2.07. The standard InChI is InChI=1S/C14H24O/c1-4-6-7-8-9-10-11-12-14(15)13(3)5-2/h5,13-15H,2,4,6-9,12H2,1,3H3/t13-,14-/m0/s1. The van der Waals surface area contributed by atoms with Gasteiger partial charge in [0.05, 0.1) is 6.10 Å². The van der Waals surface area contributed by atoms with Gasteiger partial charge in [0.2, 0.25) is 0 Å². The molecule has 15 heavy (non-hydrogen) atoms. The average Bonchev–Trinajstić information content (AvgIpc) is 2.26. The van der Waals surface area contributed by atoms with E-state index < -0.39 is 0 Å². The summed E-state index contributed by atoms with van der Waals surface area (Å²) >= 11 is 0. The maximum absolute atomic E-state index is 9.58. The highest BCUT2D eigenvalue weighted by Gasteiger charge is 2.07. The van der Waals surface area contributed by atoms with Gasteiger partial charge in [-0.2, -0.15) is 0 Å². The van der Waals surface area contributed by atoms with Crippen LogP contribution in [0.2, 0.25) is 0 Å². The minimum atomic E-state index is -0.356. The van der Waals surface area contributed by atoms with Crippen molar-refractivity contribution in [1.82, 2.24) is 0 Å². The Morgan fingerprint density at radius 3 is 2.60 bits per heavy atom. The number of unbranched alkanes of at least 4 members (excludes halogenated alkanes) is 4. The zero-order valence-electron chi connectivity index (χ0n) is 10.1. The van der Waals surface area contributed by atoms with Gasteiger partial charge in [0.25, 0.3) is 0 Å². The first-order valence-electron chi connectivity index (χ1n) is 5.98. The summed E-state index contributed by atoms with van der Waals surface area (Å²) < 4.78 is 0. The molecule has 0 amide bonds. The van der Waals surface area contributed by atoms with E-state index in [9.17, 15) is 5.11 Å². The van der Waals surface area contributed by atoms with Crippen LogP contribution in [0.1, 0.15) is 52.4 Å². The summed E-state index contributed by atoms with van der Waals surface area (Å²) in [5.41, 5.74) is 0. The van der Waals surface area contributed by atoms with Gasteiger partial charge in [-0.3, -0.25) is 0 Å². The van der Waals surface area contributed by atoms with Crippen molar-refractivity contribution in [3.8, 4) is 11.8 Å². The van der Waals surface area contributed by atoms with Gasteiger partial charge < -0.3 is 5.11 Å². The van der Waals surface area contributed by atoms with Gasteiger partial charge in [0.1, 0.15) is 0 Å². The molecule has 0 aliphatic carbocycles. The van der Waals surface area contributed by atoms with Crippen molar-refractivity contribution in [2.45, 2.75) is 58.5 Å². The van der Waals surface area contributed by atoms with E-state index in [1.165, 1.54) is 25.7 Å². The molecule has 0 spiro atoms. The second kappa shape index (κ2) is 9.80. The number of hydrogen-bond acceptors (Lipinski definition) is 1. The second-order valence-electron chi connectivity index (χ2n) is 4.03. The molecular weight excluding hydrogens is 184 g/mol.